The lowest BCUT2D eigenvalue weighted by Crippen LogP contribution is -2.48. The molecule has 0 saturated heterocycles. The van der Waals surface area contributed by atoms with Crippen LogP contribution in [0.2, 0.25) is 0 Å². The van der Waals surface area contributed by atoms with Crippen LogP contribution in [0.1, 0.15) is 33.8 Å². The number of rotatable bonds is 7. The van der Waals surface area contributed by atoms with Gasteiger partial charge in [-0.2, -0.15) is 0 Å². The van der Waals surface area contributed by atoms with Crippen molar-refractivity contribution in [2.45, 2.75) is 17.9 Å². The molecule has 0 spiro atoms. The average molecular weight is 468 g/mol. The fourth-order valence-corrected chi connectivity index (χ4v) is 4.82. The Morgan fingerprint density at radius 3 is 2.29 bits per heavy atom. The van der Waals surface area contributed by atoms with Crippen LogP contribution in [0.3, 0.4) is 0 Å². The number of Topliss-reactive ketones (excluding diaryl/α,β-unsaturated/α-hetero) is 1. The highest BCUT2D eigenvalue weighted by molar-refractivity contribution is 6.08. The Balaban J connectivity index is 1.75. The smallest absolute Gasteiger partial charge is 0.269 e. The third-order valence-electron chi connectivity index (χ3n) is 6.41. The van der Waals surface area contributed by atoms with Crippen molar-refractivity contribution in [2.75, 3.05) is 5.32 Å². The number of benzene rings is 3. The summed E-state index contributed by atoms with van der Waals surface area (Å²) < 4.78 is 1.43. The van der Waals surface area contributed by atoms with Gasteiger partial charge in [0.15, 0.2) is 11.3 Å². The van der Waals surface area contributed by atoms with E-state index in [4.69, 9.17) is 0 Å². The van der Waals surface area contributed by atoms with Crippen LogP contribution in [0.5, 0.6) is 0 Å². The number of hydrogen-bond acceptors (Lipinski definition) is 5. The molecule has 3 aromatic carbocycles. The van der Waals surface area contributed by atoms with E-state index in [1.807, 2.05) is 0 Å². The Morgan fingerprint density at radius 1 is 0.943 bits per heavy atom. The number of nitro benzene ring substituents is 1. The van der Waals surface area contributed by atoms with E-state index in [-0.39, 0.29) is 17.9 Å². The largest absolute Gasteiger partial charge is 0.323 e. The molecule has 0 unspecified atom stereocenters. The summed E-state index contributed by atoms with van der Waals surface area (Å²) in [5, 5.41) is 16.8. The fourth-order valence-electron chi connectivity index (χ4n) is 4.82. The third-order valence-corrected chi connectivity index (χ3v) is 6.41. The number of anilines is 1. The SMILES string of the molecule is O=C(C[C@@H](c1ccc([N+](=O)[O-])cc1)[C@@]1(n2ccc(=O)[nH]2)C(=O)Nc2ccccc21)c1ccccc1. The molecule has 1 aromatic heterocycles. The van der Waals surface area contributed by atoms with E-state index >= 15 is 0 Å². The average Bonchev–Trinajstić information content (AvgIpc) is 3.43. The first-order chi connectivity index (χ1) is 16.9. The van der Waals surface area contributed by atoms with Crippen LogP contribution in [0.25, 0.3) is 0 Å². The minimum atomic E-state index is -1.51. The van der Waals surface area contributed by atoms with Crippen molar-refractivity contribution in [1.29, 1.82) is 0 Å². The van der Waals surface area contributed by atoms with Gasteiger partial charge in [0.25, 0.3) is 17.2 Å². The van der Waals surface area contributed by atoms with E-state index < -0.39 is 27.8 Å². The van der Waals surface area contributed by atoms with Gasteiger partial charge in [0.2, 0.25) is 0 Å². The van der Waals surface area contributed by atoms with Gasteiger partial charge in [-0.1, -0.05) is 60.7 Å². The molecule has 0 bridgehead atoms. The second-order valence-electron chi connectivity index (χ2n) is 8.32. The summed E-state index contributed by atoms with van der Waals surface area (Å²) in [5.41, 5.74) is 0.135. The number of carbonyl (C=O) groups excluding carboxylic acids is 2. The lowest BCUT2D eigenvalue weighted by atomic mass is 9.72. The second-order valence-corrected chi connectivity index (χ2v) is 8.32. The summed E-state index contributed by atoms with van der Waals surface area (Å²) in [6.45, 7) is 0. The summed E-state index contributed by atoms with van der Waals surface area (Å²) in [6.07, 6.45) is 1.39. The first-order valence-electron chi connectivity index (χ1n) is 10.9. The van der Waals surface area contributed by atoms with Crippen LogP contribution >= 0.6 is 0 Å². The van der Waals surface area contributed by atoms with Crippen molar-refractivity contribution >= 4 is 23.1 Å². The van der Waals surface area contributed by atoms with Gasteiger partial charge in [-0.3, -0.25) is 34.3 Å². The van der Waals surface area contributed by atoms with E-state index in [0.717, 1.165) is 0 Å². The van der Waals surface area contributed by atoms with Crippen molar-refractivity contribution < 1.29 is 14.5 Å². The lowest BCUT2D eigenvalue weighted by Gasteiger charge is -2.37. The molecule has 35 heavy (non-hydrogen) atoms. The van der Waals surface area contributed by atoms with Gasteiger partial charge in [0.1, 0.15) is 0 Å². The highest BCUT2D eigenvalue weighted by Crippen LogP contribution is 2.49. The van der Waals surface area contributed by atoms with E-state index in [2.05, 4.69) is 10.4 Å². The summed E-state index contributed by atoms with van der Waals surface area (Å²) in [5.74, 6) is -1.43. The first kappa shape index (κ1) is 22.0. The summed E-state index contributed by atoms with van der Waals surface area (Å²) in [7, 11) is 0. The molecule has 1 aliphatic heterocycles. The number of fused-ring (bicyclic) bond motifs is 1. The number of aromatic amines is 1. The molecule has 9 heteroatoms. The Labute approximate surface area is 199 Å². The van der Waals surface area contributed by atoms with Crippen molar-refractivity contribution in [3.63, 3.8) is 0 Å². The maximum absolute atomic E-state index is 13.8. The predicted octanol–water partition coefficient (Wildman–Crippen LogP) is 3.84. The number of nitro groups is 1. The van der Waals surface area contributed by atoms with Gasteiger partial charge < -0.3 is 5.32 Å². The Kier molecular flexibility index (Phi) is 5.37. The fraction of sp³-hybridized carbons (Fsp3) is 0.115. The zero-order valence-corrected chi connectivity index (χ0v) is 18.4. The number of nitrogens with one attached hydrogen (secondary N) is 2. The molecule has 2 atom stereocenters. The third kappa shape index (κ3) is 3.63. The van der Waals surface area contributed by atoms with Gasteiger partial charge in [0, 0.05) is 53.5 Å². The first-order valence-corrected chi connectivity index (χ1v) is 10.9. The molecule has 0 saturated carbocycles. The summed E-state index contributed by atoms with van der Waals surface area (Å²) >= 11 is 0. The predicted molar refractivity (Wildman–Crippen MR) is 128 cm³/mol. The topological polar surface area (TPSA) is 127 Å². The number of carbonyl (C=O) groups is 2. The normalized spacial score (nSPS) is 17.4. The molecule has 5 rings (SSSR count). The number of ketones is 1. The van der Waals surface area contributed by atoms with Crippen molar-refractivity contribution in [3.05, 3.63) is 128 Å². The molecule has 0 fully saturated rings. The minimum Gasteiger partial charge on any atom is -0.323 e. The molecule has 4 aromatic rings. The molecular weight excluding hydrogens is 448 g/mol. The molecule has 0 radical (unpaired) electrons. The number of para-hydroxylation sites is 1. The summed E-state index contributed by atoms with van der Waals surface area (Å²) in [6, 6.07) is 22.9. The van der Waals surface area contributed by atoms with Crippen LogP contribution < -0.4 is 10.9 Å². The maximum atomic E-state index is 13.8. The number of hydrogen-bond donors (Lipinski definition) is 2. The van der Waals surface area contributed by atoms with E-state index in [0.29, 0.717) is 22.4 Å². The van der Waals surface area contributed by atoms with Crippen LogP contribution in [-0.2, 0) is 10.3 Å². The Bertz CT molecular complexity index is 1490. The number of nitrogens with zero attached hydrogens (tertiary/aromatic N) is 2. The van der Waals surface area contributed by atoms with E-state index in [9.17, 15) is 24.5 Å². The molecule has 1 aliphatic rings. The Morgan fingerprint density at radius 2 is 1.63 bits per heavy atom. The summed E-state index contributed by atoms with van der Waals surface area (Å²) in [4.78, 5) is 50.2. The monoisotopic (exact) mass is 468 g/mol. The van der Waals surface area contributed by atoms with Gasteiger partial charge in [-0.15, -0.1) is 0 Å². The molecule has 2 heterocycles. The van der Waals surface area contributed by atoms with Gasteiger partial charge in [-0.25, -0.2) is 0 Å². The number of H-pyrrole nitrogens is 1. The molecule has 2 N–H and O–H groups in total. The van der Waals surface area contributed by atoms with Crippen molar-refractivity contribution in [2.24, 2.45) is 0 Å². The number of amides is 1. The minimum absolute atomic E-state index is 0.0935. The quantitative estimate of drug-likeness (QED) is 0.242. The highest BCUT2D eigenvalue weighted by atomic mass is 16.6. The zero-order valence-electron chi connectivity index (χ0n) is 18.4. The maximum Gasteiger partial charge on any atom is 0.269 e. The van der Waals surface area contributed by atoms with Crippen molar-refractivity contribution in [3.8, 4) is 0 Å². The molecule has 0 aliphatic carbocycles. The van der Waals surface area contributed by atoms with Crippen LogP contribution in [0.4, 0.5) is 11.4 Å². The van der Waals surface area contributed by atoms with Gasteiger partial charge in [-0.05, 0) is 11.6 Å². The molecular formula is C26H20N4O5. The molecule has 9 nitrogen and oxygen atoms in total. The van der Waals surface area contributed by atoms with Crippen molar-refractivity contribution in [1.82, 2.24) is 9.78 Å². The number of aromatic nitrogens is 2. The molecule has 1 amide bonds. The number of non-ortho nitro benzene ring substituents is 1. The van der Waals surface area contributed by atoms with Crippen LogP contribution in [0, 0.1) is 10.1 Å². The van der Waals surface area contributed by atoms with E-state index in [1.165, 1.54) is 29.1 Å². The van der Waals surface area contributed by atoms with Crippen LogP contribution in [-0.4, -0.2) is 26.4 Å². The molecule has 174 valence electrons. The second kappa shape index (κ2) is 8.53. The van der Waals surface area contributed by atoms with Gasteiger partial charge >= 0.3 is 0 Å². The van der Waals surface area contributed by atoms with Gasteiger partial charge in [0.05, 0.1) is 4.92 Å². The lowest BCUT2D eigenvalue weighted by molar-refractivity contribution is -0.384. The standard InChI is InChI=1S/C26H20N4O5/c31-23(18-6-2-1-3-7-18)16-21(17-10-12-19(13-11-17)30(34)35)26(29-15-14-24(32)28-29)20-8-4-5-9-22(20)27-25(26)33/h1-15,21H,16H2,(H,27,33)(H,28,32)/t21-,26+/m0/s1. The van der Waals surface area contributed by atoms with E-state index in [1.54, 1.807) is 66.7 Å². The van der Waals surface area contributed by atoms with Crippen LogP contribution in [0.15, 0.2) is 95.9 Å². The Hall–Kier alpha value is -4.79. The highest BCUT2D eigenvalue weighted by Gasteiger charge is 2.55. The zero-order chi connectivity index (χ0) is 24.6.